The molecule has 17 heavy (non-hydrogen) atoms. The third-order valence-corrected chi connectivity index (χ3v) is 3.60. The molecule has 0 spiro atoms. The van der Waals surface area contributed by atoms with Gasteiger partial charge in [-0.15, -0.1) is 0 Å². The van der Waals surface area contributed by atoms with E-state index in [2.05, 4.69) is 35.3 Å². The lowest BCUT2D eigenvalue weighted by atomic mass is 9.95. The van der Waals surface area contributed by atoms with Crippen LogP contribution in [0.4, 0.5) is 0 Å². The van der Waals surface area contributed by atoms with E-state index in [0.29, 0.717) is 0 Å². The van der Waals surface area contributed by atoms with Crippen molar-refractivity contribution in [2.75, 3.05) is 20.1 Å². The number of aromatic nitrogens is 1. The minimum Gasteiger partial charge on any atom is -0.360 e. The van der Waals surface area contributed by atoms with Crippen LogP contribution < -0.4 is 5.32 Å². The molecule has 1 aromatic heterocycles. The first-order chi connectivity index (χ1) is 8.19. The van der Waals surface area contributed by atoms with E-state index in [1.807, 2.05) is 7.05 Å². The highest BCUT2D eigenvalue weighted by molar-refractivity contribution is 5.05. The fraction of sp³-hybridized carbons (Fsp3) is 0.769. The van der Waals surface area contributed by atoms with Crippen molar-refractivity contribution in [3.63, 3.8) is 0 Å². The maximum atomic E-state index is 5.34. The molecule has 0 bridgehead atoms. The van der Waals surface area contributed by atoms with Gasteiger partial charge in [0.05, 0.1) is 12.2 Å². The van der Waals surface area contributed by atoms with E-state index in [-0.39, 0.29) is 0 Å². The van der Waals surface area contributed by atoms with Crippen molar-refractivity contribution in [1.82, 2.24) is 15.4 Å². The Morgan fingerprint density at radius 2 is 2.41 bits per heavy atom. The first-order valence-electron chi connectivity index (χ1n) is 6.50. The molecule has 1 fully saturated rings. The molecule has 96 valence electrons. The van der Waals surface area contributed by atoms with Crippen LogP contribution in [0.1, 0.15) is 31.7 Å². The minimum atomic E-state index is 0.776. The third-order valence-electron chi connectivity index (χ3n) is 3.60. The second kappa shape index (κ2) is 5.65. The highest BCUT2D eigenvalue weighted by atomic mass is 16.5. The largest absolute Gasteiger partial charge is 0.360 e. The van der Waals surface area contributed by atoms with Crippen LogP contribution >= 0.6 is 0 Å². The van der Waals surface area contributed by atoms with Crippen LogP contribution in [0.15, 0.2) is 10.6 Å². The van der Waals surface area contributed by atoms with Gasteiger partial charge in [-0.05, 0) is 31.8 Å². The number of hydrogen-bond acceptors (Lipinski definition) is 4. The van der Waals surface area contributed by atoms with Gasteiger partial charge >= 0.3 is 0 Å². The Kier molecular flexibility index (Phi) is 4.18. The molecule has 1 aromatic rings. The van der Waals surface area contributed by atoms with Crippen LogP contribution in [0.3, 0.4) is 0 Å². The predicted octanol–water partition coefficient (Wildman–Crippen LogP) is 1.87. The van der Waals surface area contributed by atoms with E-state index in [4.69, 9.17) is 4.52 Å². The Hall–Kier alpha value is -0.870. The maximum Gasteiger partial charge on any atom is 0.151 e. The van der Waals surface area contributed by atoms with Crippen LogP contribution in [-0.4, -0.2) is 30.2 Å². The van der Waals surface area contributed by atoms with Gasteiger partial charge in [0.1, 0.15) is 0 Å². The molecule has 1 saturated heterocycles. The number of rotatable bonds is 5. The summed E-state index contributed by atoms with van der Waals surface area (Å²) in [5.41, 5.74) is 0.988. The molecular weight excluding hydrogens is 214 g/mol. The van der Waals surface area contributed by atoms with Crippen LogP contribution in [0.5, 0.6) is 0 Å². The molecule has 0 aliphatic carbocycles. The summed E-state index contributed by atoms with van der Waals surface area (Å²) in [5.74, 6) is 2.61. The van der Waals surface area contributed by atoms with Gasteiger partial charge in [-0.1, -0.05) is 19.0 Å². The molecule has 2 rings (SSSR count). The number of nitrogens with zero attached hydrogens (tertiary/aromatic N) is 2. The Balaban J connectivity index is 1.84. The molecule has 1 N–H and O–H groups in total. The van der Waals surface area contributed by atoms with E-state index in [1.54, 1.807) is 0 Å². The molecule has 0 aromatic carbocycles. The van der Waals surface area contributed by atoms with E-state index in [9.17, 15) is 0 Å². The molecular formula is C13H23N3O. The highest BCUT2D eigenvalue weighted by Gasteiger charge is 2.25. The first-order valence-corrected chi connectivity index (χ1v) is 6.50. The normalized spacial score (nSPS) is 21.5. The quantitative estimate of drug-likeness (QED) is 0.849. The summed E-state index contributed by atoms with van der Waals surface area (Å²) in [6, 6.07) is 2.05. The zero-order chi connectivity index (χ0) is 12.3. The van der Waals surface area contributed by atoms with Gasteiger partial charge in [-0.2, -0.15) is 0 Å². The monoisotopic (exact) mass is 237 g/mol. The van der Waals surface area contributed by atoms with Crippen LogP contribution in [-0.2, 0) is 13.1 Å². The molecule has 1 unspecified atom stereocenters. The maximum absolute atomic E-state index is 5.34. The van der Waals surface area contributed by atoms with Crippen LogP contribution in [0.2, 0.25) is 0 Å². The molecule has 0 amide bonds. The van der Waals surface area contributed by atoms with Crippen molar-refractivity contribution in [3.8, 4) is 0 Å². The molecule has 1 aliphatic rings. The minimum absolute atomic E-state index is 0.776. The third kappa shape index (κ3) is 3.30. The van der Waals surface area contributed by atoms with Gasteiger partial charge < -0.3 is 9.84 Å². The lowest BCUT2D eigenvalue weighted by Gasteiger charge is -2.16. The lowest BCUT2D eigenvalue weighted by Crippen LogP contribution is -2.21. The Bertz CT molecular complexity index is 348. The summed E-state index contributed by atoms with van der Waals surface area (Å²) in [5, 5.41) is 7.11. The predicted molar refractivity (Wildman–Crippen MR) is 67.5 cm³/mol. The average molecular weight is 237 g/mol. The summed E-state index contributed by atoms with van der Waals surface area (Å²) >= 11 is 0. The summed E-state index contributed by atoms with van der Waals surface area (Å²) in [6.45, 7) is 8.68. The number of nitrogens with one attached hydrogen (secondary N) is 1. The molecule has 4 nitrogen and oxygen atoms in total. The molecule has 4 heteroatoms. The van der Waals surface area contributed by atoms with E-state index in [0.717, 1.165) is 36.4 Å². The topological polar surface area (TPSA) is 41.3 Å². The van der Waals surface area contributed by atoms with Gasteiger partial charge in [0.25, 0.3) is 0 Å². The average Bonchev–Trinajstić information content (AvgIpc) is 2.89. The molecule has 2 heterocycles. The van der Waals surface area contributed by atoms with Crippen LogP contribution in [0, 0.1) is 11.8 Å². The smallest absolute Gasteiger partial charge is 0.151 e. The van der Waals surface area contributed by atoms with Crippen molar-refractivity contribution < 1.29 is 4.52 Å². The molecule has 0 radical (unpaired) electrons. The highest BCUT2D eigenvalue weighted by Crippen LogP contribution is 2.24. The van der Waals surface area contributed by atoms with Gasteiger partial charge in [-0.25, -0.2) is 0 Å². The first kappa shape index (κ1) is 12.6. The standard InChI is InChI=1S/C13H23N3O/c1-10(2)11-4-5-16(8-11)9-13-6-12(7-14-3)15-17-13/h6,10-11,14H,4-5,7-9H2,1-3H3. The second-order valence-electron chi connectivity index (χ2n) is 5.34. The van der Waals surface area contributed by atoms with Crippen molar-refractivity contribution >= 4 is 0 Å². The van der Waals surface area contributed by atoms with Crippen LogP contribution in [0.25, 0.3) is 0 Å². The fourth-order valence-corrected chi connectivity index (χ4v) is 2.47. The lowest BCUT2D eigenvalue weighted by molar-refractivity contribution is 0.256. The summed E-state index contributed by atoms with van der Waals surface area (Å²) in [4.78, 5) is 2.47. The Morgan fingerprint density at radius 1 is 1.59 bits per heavy atom. The molecule has 1 atom stereocenters. The van der Waals surface area contributed by atoms with E-state index < -0.39 is 0 Å². The second-order valence-corrected chi connectivity index (χ2v) is 5.34. The Labute approximate surface area is 103 Å². The van der Waals surface area contributed by atoms with E-state index >= 15 is 0 Å². The molecule has 0 saturated carbocycles. The van der Waals surface area contributed by atoms with Crippen molar-refractivity contribution in [3.05, 3.63) is 17.5 Å². The van der Waals surface area contributed by atoms with Gasteiger partial charge in [0.15, 0.2) is 5.76 Å². The molecule has 1 aliphatic heterocycles. The SMILES string of the molecule is CNCc1cc(CN2CCC(C(C)C)C2)on1. The number of likely N-dealkylation sites (tertiary alicyclic amines) is 1. The van der Waals surface area contributed by atoms with Crippen molar-refractivity contribution in [2.45, 2.75) is 33.4 Å². The summed E-state index contributed by atoms with van der Waals surface area (Å²) in [7, 11) is 1.92. The summed E-state index contributed by atoms with van der Waals surface area (Å²) in [6.07, 6.45) is 1.31. The van der Waals surface area contributed by atoms with Gasteiger partial charge in [0, 0.05) is 19.2 Å². The van der Waals surface area contributed by atoms with Crippen molar-refractivity contribution in [2.24, 2.45) is 11.8 Å². The van der Waals surface area contributed by atoms with Gasteiger partial charge in [-0.3, -0.25) is 4.90 Å². The zero-order valence-electron chi connectivity index (χ0n) is 11.1. The fourth-order valence-electron chi connectivity index (χ4n) is 2.47. The summed E-state index contributed by atoms with van der Waals surface area (Å²) < 4.78 is 5.34. The van der Waals surface area contributed by atoms with Gasteiger partial charge in [0.2, 0.25) is 0 Å². The number of hydrogen-bond donors (Lipinski definition) is 1. The van der Waals surface area contributed by atoms with E-state index in [1.165, 1.54) is 19.5 Å². The van der Waals surface area contributed by atoms with Crippen molar-refractivity contribution in [1.29, 1.82) is 0 Å². The zero-order valence-corrected chi connectivity index (χ0v) is 11.1. The Morgan fingerprint density at radius 3 is 3.06 bits per heavy atom.